The molecule has 1 heterocycles. The second-order valence-electron chi connectivity index (χ2n) is 3.35. The highest BCUT2D eigenvalue weighted by molar-refractivity contribution is 4.69. The highest BCUT2D eigenvalue weighted by Gasteiger charge is 2.45. The quantitative estimate of drug-likeness (QED) is 0.297. The lowest BCUT2D eigenvalue weighted by atomic mass is 10.4. The van der Waals surface area contributed by atoms with Crippen LogP contribution in [0.15, 0.2) is 0 Å². The maximum absolute atomic E-state index is 5.25. The lowest BCUT2D eigenvalue weighted by molar-refractivity contribution is -0.892. The average molecular weight is 152 g/mol. The summed E-state index contributed by atoms with van der Waals surface area (Å²) in [7, 11) is 6.44. The maximum atomic E-state index is 5.25. The largest absolute Gasteiger partial charge is 1.00 e. The summed E-state index contributed by atoms with van der Waals surface area (Å²) < 4.78 is 6.19. The molecule has 0 aromatic rings. The number of quaternary nitrogens is 1. The number of epoxide rings is 1. The Morgan fingerprint density at radius 1 is 1.22 bits per heavy atom. The topological polar surface area (TPSA) is 12.5 Å². The number of nitrogens with zero attached hydrogens (tertiary/aromatic N) is 1. The molecule has 0 spiro atoms. The Balaban J connectivity index is 0.000000640. The van der Waals surface area contributed by atoms with Crippen molar-refractivity contribution in [2.45, 2.75) is 19.3 Å². The molecular formula is C6H14ClNO. The Morgan fingerprint density at radius 2 is 1.56 bits per heavy atom. The van der Waals surface area contributed by atoms with Crippen molar-refractivity contribution in [2.24, 2.45) is 0 Å². The molecule has 0 saturated carbocycles. The van der Waals surface area contributed by atoms with Gasteiger partial charge in [0.15, 0.2) is 0 Å². The van der Waals surface area contributed by atoms with Gasteiger partial charge in [-0.05, 0) is 6.92 Å². The maximum Gasteiger partial charge on any atom is 0.220 e. The van der Waals surface area contributed by atoms with Gasteiger partial charge in [0, 0.05) is 0 Å². The van der Waals surface area contributed by atoms with Crippen LogP contribution in [0.5, 0.6) is 0 Å². The fraction of sp³-hybridized carbons (Fsp3) is 1.00. The van der Waals surface area contributed by atoms with E-state index in [9.17, 15) is 0 Å². The summed E-state index contributed by atoms with van der Waals surface area (Å²) in [5.41, 5.74) is 0. The number of rotatable bonds is 1. The van der Waals surface area contributed by atoms with Crippen LogP contribution in [0.25, 0.3) is 0 Å². The van der Waals surface area contributed by atoms with Crippen molar-refractivity contribution in [1.29, 1.82) is 0 Å². The second kappa shape index (κ2) is 2.45. The molecule has 0 amide bonds. The number of likely N-dealkylation sites (N-methyl/N-ethyl adjacent to an activating group) is 1. The minimum Gasteiger partial charge on any atom is -1.00 e. The van der Waals surface area contributed by atoms with Crippen molar-refractivity contribution >= 4 is 0 Å². The molecule has 0 aliphatic carbocycles. The third-order valence-corrected chi connectivity index (χ3v) is 1.44. The molecule has 1 fully saturated rings. The molecule has 1 saturated heterocycles. The van der Waals surface area contributed by atoms with Crippen molar-refractivity contribution in [1.82, 2.24) is 0 Å². The summed E-state index contributed by atoms with van der Waals surface area (Å²) in [4.78, 5) is 0. The molecule has 0 radical (unpaired) electrons. The van der Waals surface area contributed by atoms with Gasteiger partial charge in [-0.2, -0.15) is 0 Å². The Morgan fingerprint density at radius 3 is 1.56 bits per heavy atom. The van der Waals surface area contributed by atoms with E-state index >= 15 is 0 Å². The number of hydrogen-bond acceptors (Lipinski definition) is 1. The molecular weight excluding hydrogens is 138 g/mol. The normalized spacial score (nSPS) is 33.3. The van der Waals surface area contributed by atoms with Gasteiger partial charge in [-0.1, -0.05) is 0 Å². The molecule has 2 unspecified atom stereocenters. The molecule has 2 atom stereocenters. The molecule has 56 valence electrons. The zero-order valence-electron chi connectivity index (χ0n) is 6.39. The minimum absolute atomic E-state index is 0. The fourth-order valence-electron chi connectivity index (χ4n) is 0.987. The monoisotopic (exact) mass is 151 g/mol. The van der Waals surface area contributed by atoms with Crippen LogP contribution >= 0.6 is 0 Å². The van der Waals surface area contributed by atoms with Crippen molar-refractivity contribution in [3.05, 3.63) is 0 Å². The molecule has 0 aromatic heterocycles. The van der Waals surface area contributed by atoms with Crippen LogP contribution < -0.4 is 12.4 Å². The van der Waals surface area contributed by atoms with Gasteiger partial charge in [0.1, 0.15) is 6.10 Å². The predicted molar refractivity (Wildman–Crippen MR) is 32.4 cm³/mol. The van der Waals surface area contributed by atoms with E-state index in [1.807, 2.05) is 0 Å². The third-order valence-electron chi connectivity index (χ3n) is 1.44. The lowest BCUT2D eigenvalue weighted by Gasteiger charge is -2.20. The summed E-state index contributed by atoms with van der Waals surface area (Å²) in [6.07, 6.45) is 0.935. The zero-order chi connectivity index (χ0) is 6.36. The first-order chi connectivity index (χ1) is 3.52. The lowest BCUT2D eigenvalue weighted by Crippen LogP contribution is -3.00. The highest BCUT2D eigenvalue weighted by atomic mass is 35.5. The molecule has 0 bridgehead atoms. The second-order valence-corrected chi connectivity index (χ2v) is 3.35. The highest BCUT2D eigenvalue weighted by Crippen LogP contribution is 2.26. The van der Waals surface area contributed by atoms with Gasteiger partial charge >= 0.3 is 0 Å². The van der Waals surface area contributed by atoms with E-state index in [1.165, 1.54) is 0 Å². The Bertz CT molecular complexity index is 99.7. The van der Waals surface area contributed by atoms with Crippen LogP contribution in [-0.4, -0.2) is 38.0 Å². The predicted octanol–water partition coefficient (Wildman–Crippen LogP) is -2.56. The van der Waals surface area contributed by atoms with Crippen LogP contribution in [0.2, 0.25) is 0 Å². The van der Waals surface area contributed by atoms with Crippen LogP contribution in [-0.2, 0) is 4.74 Å². The van der Waals surface area contributed by atoms with Crippen LogP contribution in [0, 0.1) is 0 Å². The molecule has 1 aliphatic rings. The Hall–Kier alpha value is 0.210. The smallest absolute Gasteiger partial charge is 0.220 e. The van der Waals surface area contributed by atoms with E-state index in [0.29, 0.717) is 12.3 Å². The zero-order valence-corrected chi connectivity index (χ0v) is 7.14. The van der Waals surface area contributed by atoms with Gasteiger partial charge in [0.2, 0.25) is 6.23 Å². The molecule has 9 heavy (non-hydrogen) atoms. The Kier molecular flexibility index (Phi) is 2.50. The van der Waals surface area contributed by atoms with Gasteiger partial charge < -0.3 is 21.6 Å². The van der Waals surface area contributed by atoms with E-state index in [0.717, 1.165) is 4.48 Å². The first-order valence-corrected chi connectivity index (χ1v) is 2.98. The van der Waals surface area contributed by atoms with Crippen molar-refractivity contribution in [3.8, 4) is 0 Å². The Labute approximate surface area is 62.8 Å². The summed E-state index contributed by atoms with van der Waals surface area (Å²) >= 11 is 0. The summed E-state index contributed by atoms with van der Waals surface area (Å²) in [5.74, 6) is 0. The summed E-state index contributed by atoms with van der Waals surface area (Å²) in [5, 5.41) is 0. The van der Waals surface area contributed by atoms with E-state index < -0.39 is 0 Å². The van der Waals surface area contributed by atoms with Crippen molar-refractivity contribution in [3.63, 3.8) is 0 Å². The first-order valence-electron chi connectivity index (χ1n) is 2.98. The number of halogens is 1. The number of hydrogen-bond donors (Lipinski definition) is 0. The fourth-order valence-corrected chi connectivity index (χ4v) is 0.987. The van der Waals surface area contributed by atoms with Crippen LogP contribution in [0.1, 0.15) is 6.92 Å². The van der Waals surface area contributed by atoms with Gasteiger partial charge in [0.05, 0.1) is 21.1 Å². The van der Waals surface area contributed by atoms with E-state index in [4.69, 9.17) is 4.74 Å². The van der Waals surface area contributed by atoms with E-state index in [-0.39, 0.29) is 12.4 Å². The molecule has 0 N–H and O–H groups in total. The average Bonchev–Trinajstić information content (AvgIpc) is 2.13. The van der Waals surface area contributed by atoms with Crippen molar-refractivity contribution in [2.75, 3.05) is 21.1 Å². The first kappa shape index (κ1) is 9.21. The molecule has 1 aliphatic heterocycles. The molecule has 3 heteroatoms. The summed E-state index contributed by atoms with van der Waals surface area (Å²) in [6, 6.07) is 0. The third kappa shape index (κ3) is 2.12. The van der Waals surface area contributed by atoms with Crippen molar-refractivity contribution < 1.29 is 21.6 Å². The van der Waals surface area contributed by atoms with Gasteiger partial charge in [0.25, 0.3) is 0 Å². The van der Waals surface area contributed by atoms with Gasteiger partial charge in [-0.15, -0.1) is 0 Å². The van der Waals surface area contributed by atoms with Crippen LogP contribution in [0.4, 0.5) is 0 Å². The molecule has 1 rings (SSSR count). The van der Waals surface area contributed by atoms with Gasteiger partial charge in [-0.25, -0.2) is 0 Å². The van der Waals surface area contributed by atoms with E-state index in [2.05, 4.69) is 28.1 Å². The SMILES string of the molecule is CC1OC1[N+](C)(C)C.[Cl-]. The minimum atomic E-state index is 0. The van der Waals surface area contributed by atoms with E-state index in [1.54, 1.807) is 0 Å². The molecule has 2 nitrogen and oxygen atoms in total. The van der Waals surface area contributed by atoms with Gasteiger partial charge in [-0.3, -0.25) is 0 Å². The van der Waals surface area contributed by atoms with Crippen LogP contribution in [0.3, 0.4) is 0 Å². The standard InChI is InChI=1S/C6H14NO.ClH/c1-5-6(8-5)7(2,3)4;/h5-6H,1-4H3;1H/q+1;/p-1. The number of ether oxygens (including phenoxy) is 1. The molecule has 0 aromatic carbocycles. The summed E-state index contributed by atoms with van der Waals surface area (Å²) in [6.45, 7) is 2.11.